The zero-order valence-electron chi connectivity index (χ0n) is 9.53. The fourth-order valence-corrected chi connectivity index (χ4v) is 1.27. The van der Waals surface area contributed by atoms with Gasteiger partial charge in [0, 0.05) is 5.69 Å². The molecule has 3 nitrogen and oxygen atoms in total. The average molecular weight is 224 g/mol. The zero-order valence-corrected chi connectivity index (χ0v) is 9.53. The Labute approximate surface area is 94.8 Å². The lowest BCUT2D eigenvalue weighted by Crippen LogP contribution is -2.40. The molecule has 0 fully saturated rings. The largest absolute Gasteiger partial charge is 0.325 e. The van der Waals surface area contributed by atoms with Crippen molar-refractivity contribution in [2.75, 3.05) is 5.32 Å². The highest BCUT2D eigenvalue weighted by Crippen LogP contribution is 2.11. The predicted molar refractivity (Wildman–Crippen MR) is 62.5 cm³/mol. The molecule has 0 aromatic heterocycles. The number of carbonyl (C=O) groups is 1. The van der Waals surface area contributed by atoms with E-state index in [9.17, 15) is 9.18 Å². The summed E-state index contributed by atoms with van der Waals surface area (Å²) in [5.41, 5.74) is 6.32. The van der Waals surface area contributed by atoms with Crippen molar-refractivity contribution in [2.45, 2.75) is 26.3 Å². The van der Waals surface area contributed by atoms with E-state index >= 15 is 0 Å². The van der Waals surface area contributed by atoms with Gasteiger partial charge in [-0.05, 0) is 30.2 Å². The summed E-state index contributed by atoms with van der Waals surface area (Å²) < 4.78 is 12.6. The molecule has 3 N–H and O–H groups in total. The Kier molecular flexibility index (Phi) is 4.43. The molecule has 0 bridgehead atoms. The van der Waals surface area contributed by atoms with Gasteiger partial charge in [-0.2, -0.15) is 0 Å². The minimum atomic E-state index is -0.532. The first kappa shape index (κ1) is 12.6. The number of halogens is 1. The quantitative estimate of drug-likeness (QED) is 0.823. The van der Waals surface area contributed by atoms with E-state index in [2.05, 4.69) is 5.32 Å². The maximum Gasteiger partial charge on any atom is 0.241 e. The Bertz CT molecular complexity index is 351. The lowest BCUT2D eigenvalue weighted by molar-refractivity contribution is -0.118. The fraction of sp³-hybridized carbons (Fsp3) is 0.417. The predicted octanol–water partition coefficient (Wildman–Crippen LogP) is 2.14. The number of rotatable bonds is 4. The number of nitrogens with two attached hydrogens (primary N) is 1. The molecule has 1 aromatic rings. The highest BCUT2D eigenvalue weighted by atomic mass is 19.1. The van der Waals surface area contributed by atoms with Gasteiger partial charge in [0.15, 0.2) is 0 Å². The first-order valence-electron chi connectivity index (χ1n) is 5.36. The van der Waals surface area contributed by atoms with Gasteiger partial charge in [0.05, 0.1) is 6.04 Å². The number of nitrogens with one attached hydrogen (secondary N) is 1. The van der Waals surface area contributed by atoms with Gasteiger partial charge < -0.3 is 11.1 Å². The SMILES string of the molecule is CCC(C)[C@H](N)C(=O)Nc1ccc(F)cc1. The molecule has 0 aliphatic heterocycles. The second kappa shape index (κ2) is 5.61. The number of carbonyl (C=O) groups excluding carboxylic acids is 1. The normalized spacial score (nSPS) is 14.2. The van der Waals surface area contributed by atoms with Crippen molar-refractivity contribution >= 4 is 11.6 Å². The topological polar surface area (TPSA) is 55.1 Å². The summed E-state index contributed by atoms with van der Waals surface area (Å²) in [7, 11) is 0. The van der Waals surface area contributed by atoms with E-state index in [-0.39, 0.29) is 17.6 Å². The van der Waals surface area contributed by atoms with Crippen molar-refractivity contribution in [3.63, 3.8) is 0 Å². The average Bonchev–Trinajstić information content (AvgIpc) is 2.30. The van der Waals surface area contributed by atoms with Gasteiger partial charge in [0.25, 0.3) is 0 Å². The Hall–Kier alpha value is -1.42. The van der Waals surface area contributed by atoms with Crippen LogP contribution in [0.2, 0.25) is 0 Å². The van der Waals surface area contributed by atoms with E-state index in [1.807, 2.05) is 13.8 Å². The number of benzene rings is 1. The number of amides is 1. The summed E-state index contributed by atoms with van der Waals surface area (Å²) in [4.78, 5) is 11.7. The molecule has 2 atom stereocenters. The van der Waals surface area contributed by atoms with Crippen LogP contribution in [0.15, 0.2) is 24.3 Å². The van der Waals surface area contributed by atoms with Crippen molar-refractivity contribution in [2.24, 2.45) is 11.7 Å². The third kappa shape index (κ3) is 3.31. The van der Waals surface area contributed by atoms with E-state index in [0.29, 0.717) is 5.69 Å². The van der Waals surface area contributed by atoms with Crippen molar-refractivity contribution in [3.8, 4) is 0 Å². The van der Waals surface area contributed by atoms with Crippen LogP contribution < -0.4 is 11.1 Å². The lowest BCUT2D eigenvalue weighted by atomic mass is 9.99. The van der Waals surface area contributed by atoms with Crippen LogP contribution in [-0.2, 0) is 4.79 Å². The molecular weight excluding hydrogens is 207 g/mol. The van der Waals surface area contributed by atoms with E-state index in [1.165, 1.54) is 24.3 Å². The molecule has 0 aliphatic rings. The highest BCUT2D eigenvalue weighted by Gasteiger charge is 2.19. The van der Waals surface area contributed by atoms with Crippen LogP contribution in [0, 0.1) is 11.7 Å². The molecular formula is C12H17FN2O. The van der Waals surface area contributed by atoms with E-state index in [0.717, 1.165) is 6.42 Å². The first-order chi connectivity index (χ1) is 7.54. The highest BCUT2D eigenvalue weighted by molar-refractivity contribution is 5.94. The Morgan fingerprint density at radius 1 is 1.44 bits per heavy atom. The summed E-state index contributed by atoms with van der Waals surface area (Å²) >= 11 is 0. The molecule has 0 heterocycles. The minimum Gasteiger partial charge on any atom is -0.325 e. The summed E-state index contributed by atoms with van der Waals surface area (Å²) in [5, 5.41) is 2.65. The van der Waals surface area contributed by atoms with Gasteiger partial charge in [-0.15, -0.1) is 0 Å². The Morgan fingerprint density at radius 3 is 2.50 bits per heavy atom. The third-order valence-corrected chi connectivity index (χ3v) is 2.67. The van der Waals surface area contributed by atoms with Crippen molar-refractivity contribution in [1.29, 1.82) is 0 Å². The molecule has 1 amide bonds. The molecule has 1 unspecified atom stereocenters. The molecule has 0 radical (unpaired) electrons. The van der Waals surface area contributed by atoms with Crippen LogP contribution in [0.5, 0.6) is 0 Å². The summed E-state index contributed by atoms with van der Waals surface area (Å²) in [6, 6.07) is 5.08. The van der Waals surface area contributed by atoms with Gasteiger partial charge in [0.1, 0.15) is 5.82 Å². The zero-order chi connectivity index (χ0) is 12.1. The molecule has 0 saturated heterocycles. The van der Waals surface area contributed by atoms with Gasteiger partial charge >= 0.3 is 0 Å². The molecule has 88 valence electrons. The van der Waals surface area contributed by atoms with Gasteiger partial charge in [-0.3, -0.25) is 4.79 Å². The van der Waals surface area contributed by atoms with Crippen LogP contribution in [0.1, 0.15) is 20.3 Å². The minimum absolute atomic E-state index is 0.125. The summed E-state index contributed by atoms with van der Waals surface area (Å²) in [5.74, 6) is -0.439. The van der Waals surface area contributed by atoms with E-state index in [4.69, 9.17) is 5.73 Å². The molecule has 1 rings (SSSR count). The third-order valence-electron chi connectivity index (χ3n) is 2.67. The van der Waals surface area contributed by atoms with Gasteiger partial charge in [-0.25, -0.2) is 4.39 Å². The molecule has 0 aliphatic carbocycles. The molecule has 16 heavy (non-hydrogen) atoms. The summed E-state index contributed by atoms with van der Waals surface area (Å²) in [6.45, 7) is 3.91. The van der Waals surface area contributed by atoms with Crippen LogP contribution >= 0.6 is 0 Å². The van der Waals surface area contributed by atoms with E-state index in [1.54, 1.807) is 0 Å². The Balaban J connectivity index is 2.60. The molecule has 0 spiro atoms. The first-order valence-corrected chi connectivity index (χ1v) is 5.36. The van der Waals surface area contributed by atoms with Crippen LogP contribution in [0.25, 0.3) is 0 Å². The monoisotopic (exact) mass is 224 g/mol. The summed E-state index contributed by atoms with van der Waals surface area (Å²) in [6.07, 6.45) is 0.845. The Morgan fingerprint density at radius 2 is 2.00 bits per heavy atom. The molecule has 0 saturated carbocycles. The van der Waals surface area contributed by atoms with Crippen molar-refractivity contribution in [1.82, 2.24) is 0 Å². The maximum absolute atomic E-state index is 12.6. The van der Waals surface area contributed by atoms with E-state index < -0.39 is 6.04 Å². The van der Waals surface area contributed by atoms with Crippen LogP contribution in [-0.4, -0.2) is 11.9 Å². The molecule has 1 aromatic carbocycles. The lowest BCUT2D eigenvalue weighted by Gasteiger charge is -2.17. The second-order valence-electron chi connectivity index (χ2n) is 3.91. The molecule has 4 heteroatoms. The van der Waals surface area contributed by atoms with Crippen molar-refractivity contribution < 1.29 is 9.18 Å². The van der Waals surface area contributed by atoms with Crippen LogP contribution in [0.3, 0.4) is 0 Å². The number of hydrogen-bond donors (Lipinski definition) is 2. The standard InChI is InChI=1S/C12H17FN2O/c1-3-8(2)11(14)12(16)15-10-6-4-9(13)5-7-10/h4-8,11H,3,14H2,1-2H3,(H,15,16)/t8?,11-/m0/s1. The van der Waals surface area contributed by atoms with Gasteiger partial charge in [0.2, 0.25) is 5.91 Å². The number of hydrogen-bond acceptors (Lipinski definition) is 2. The number of anilines is 1. The second-order valence-corrected chi connectivity index (χ2v) is 3.91. The van der Waals surface area contributed by atoms with Gasteiger partial charge in [-0.1, -0.05) is 20.3 Å². The van der Waals surface area contributed by atoms with Crippen molar-refractivity contribution in [3.05, 3.63) is 30.1 Å². The van der Waals surface area contributed by atoms with Crippen LogP contribution in [0.4, 0.5) is 10.1 Å². The maximum atomic E-state index is 12.6. The fourth-order valence-electron chi connectivity index (χ4n) is 1.27. The smallest absolute Gasteiger partial charge is 0.241 e.